The molecule has 0 aliphatic carbocycles. The quantitative estimate of drug-likeness (QED) is 0.466. The first kappa shape index (κ1) is 25.4. The molecule has 3 atom stereocenters. The Morgan fingerprint density at radius 2 is 1.86 bits per heavy atom. The second-order valence-corrected chi connectivity index (χ2v) is 10.3. The highest BCUT2D eigenvalue weighted by molar-refractivity contribution is 9.10. The standard InChI is InChI=1S/C28H32BrN3O3/c1-19-15-32(20(2)18-33)28(34)25-13-24(29)14-30-27(25)35-26(19)17-31(3)16-21-9-11-23(12-10-21)22-7-5-4-6-8-22/h4-14,19-20,26,33H,15-18H2,1-3H3/t19-,20-,26-/m1/s1. The Balaban J connectivity index is 1.50. The zero-order valence-electron chi connectivity index (χ0n) is 20.4. The number of halogens is 1. The molecule has 0 radical (unpaired) electrons. The smallest absolute Gasteiger partial charge is 0.259 e. The van der Waals surface area contributed by atoms with E-state index in [4.69, 9.17) is 4.74 Å². The molecule has 7 heteroatoms. The monoisotopic (exact) mass is 537 g/mol. The van der Waals surface area contributed by atoms with E-state index in [-0.39, 0.29) is 30.6 Å². The molecule has 6 nitrogen and oxygen atoms in total. The minimum atomic E-state index is -0.295. The molecule has 0 fully saturated rings. The maximum absolute atomic E-state index is 13.3. The van der Waals surface area contributed by atoms with Crippen molar-refractivity contribution in [2.24, 2.45) is 5.92 Å². The molecule has 0 unspecified atom stereocenters. The molecule has 4 rings (SSSR count). The highest BCUT2D eigenvalue weighted by atomic mass is 79.9. The van der Waals surface area contributed by atoms with Gasteiger partial charge >= 0.3 is 0 Å². The zero-order valence-corrected chi connectivity index (χ0v) is 22.0. The Hall–Kier alpha value is -2.74. The highest BCUT2D eigenvalue weighted by Crippen LogP contribution is 2.29. The van der Waals surface area contributed by atoms with Gasteiger partial charge in [-0.25, -0.2) is 4.98 Å². The molecule has 3 aromatic rings. The summed E-state index contributed by atoms with van der Waals surface area (Å²) in [6, 6.07) is 20.5. The van der Waals surface area contributed by atoms with E-state index in [0.717, 1.165) is 6.54 Å². The van der Waals surface area contributed by atoms with Crippen LogP contribution in [0.4, 0.5) is 0 Å². The van der Waals surface area contributed by atoms with Crippen molar-refractivity contribution in [3.8, 4) is 17.0 Å². The molecule has 0 spiro atoms. The summed E-state index contributed by atoms with van der Waals surface area (Å²) in [5.41, 5.74) is 4.04. The lowest BCUT2D eigenvalue weighted by Gasteiger charge is -2.37. The van der Waals surface area contributed by atoms with Crippen LogP contribution in [0.2, 0.25) is 0 Å². The number of carbonyl (C=O) groups excluding carboxylic acids is 1. The van der Waals surface area contributed by atoms with Gasteiger partial charge in [0.2, 0.25) is 5.88 Å². The van der Waals surface area contributed by atoms with E-state index in [2.05, 4.69) is 88.3 Å². The van der Waals surface area contributed by atoms with Crippen LogP contribution in [0.15, 0.2) is 71.3 Å². The average Bonchev–Trinajstić information content (AvgIpc) is 2.87. The minimum Gasteiger partial charge on any atom is -0.472 e. The van der Waals surface area contributed by atoms with Crippen LogP contribution in [0, 0.1) is 5.92 Å². The largest absolute Gasteiger partial charge is 0.472 e. The number of likely N-dealkylation sites (N-methyl/N-ethyl adjacent to an activating group) is 1. The summed E-state index contributed by atoms with van der Waals surface area (Å²) in [7, 11) is 2.08. The van der Waals surface area contributed by atoms with Crippen molar-refractivity contribution in [2.75, 3.05) is 26.7 Å². The van der Waals surface area contributed by atoms with Crippen LogP contribution < -0.4 is 4.74 Å². The number of aliphatic hydroxyl groups is 1. The van der Waals surface area contributed by atoms with E-state index in [1.54, 1.807) is 17.2 Å². The van der Waals surface area contributed by atoms with Crippen LogP contribution >= 0.6 is 15.9 Å². The predicted octanol–water partition coefficient (Wildman–Crippen LogP) is 4.86. The topological polar surface area (TPSA) is 65.9 Å². The number of aromatic nitrogens is 1. The molecular weight excluding hydrogens is 506 g/mol. The fourth-order valence-corrected chi connectivity index (χ4v) is 4.74. The first-order chi connectivity index (χ1) is 16.9. The summed E-state index contributed by atoms with van der Waals surface area (Å²) in [6.07, 6.45) is 1.48. The van der Waals surface area contributed by atoms with Crippen molar-refractivity contribution in [2.45, 2.75) is 32.5 Å². The lowest BCUT2D eigenvalue weighted by atomic mass is 10.00. The normalized spacial score (nSPS) is 19.0. The van der Waals surface area contributed by atoms with Gasteiger partial charge in [0, 0.05) is 36.2 Å². The number of hydrogen-bond acceptors (Lipinski definition) is 5. The summed E-state index contributed by atoms with van der Waals surface area (Å²) in [5, 5.41) is 9.77. The van der Waals surface area contributed by atoms with Gasteiger partial charge in [0.15, 0.2) is 0 Å². The average molecular weight is 538 g/mol. The molecular formula is C28H32BrN3O3. The maximum Gasteiger partial charge on any atom is 0.259 e. The maximum atomic E-state index is 13.3. The van der Waals surface area contributed by atoms with Gasteiger partial charge < -0.3 is 14.7 Å². The van der Waals surface area contributed by atoms with Crippen LogP contribution in [0.3, 0.4) is 0 Å². The summed E-state index contributed by atoms with van der Waals surface area (Å²) in [4.78, 5) is 21.6. The molecule has 0 saturated heterocycles. The van der Waals surface area contributed by atoms with Crippen LogP contribution in [-0.2, 0) is 6.54 Å². The summed E-state index contributed by atoms with van der Waals surface area (Å²) in [5.74, 6) is 0.215. The molecule has 184 valence electrons. The van der Waals surface area contributed by atoms with Gasteiger partial charge in [0.05, 0.1) is 12.6 Å². The second kappa shape index (κ2) is 11.3. The molecule has 2 heterocycles. The van der Waals surface area contributed by atoms with Gasteiger partial charge in [-0.2, -0.15) is 0 Å². The van der Waals surface area contributed by atoms with Crippen molar-refractivity contribution in [1.29, 1.82) is 0 Å². The Kier molecular flexibility index (Phi) is 8.21. The zero-order chi connectivity index (χ0) is 24.9. The summed E-state index contributed by atoms with van der Waals surface area (Å²) >= 11 is 3.41. The lowest BCUT2D eigenvalue weighted by molar-refractivity contribution is 0.0325. The number of aliphatic hydroxyl groups excluding tert-OH is 1. The van der Waals surface area contributed by atoms with Crippen molar-refractivity contribution in [1.82, 2.24) is 14.8 Å². The third-order valence-electron chi connectivity index (χ3n) is 6.49. The van der Waals surface area contributed by atoms with Crippen molar-refractivity contribution < 1.29 is 14.6 Å². The Morgan fingerprint density at radius 1 is 1.17 bits per heavy atom. The SMILES string of the molecule is C[C@@H]1CN([C@H](C)CO)C(=O)c2cc(Br)cnc2O[C@@H]1CN(C)Cc1ccc(-c2ccccc2)cc1. The van der Waals surface area contributed by atoms with Crippen molar-refractivity contribution in [3.63, 3.8) is 0 Å². The van der Waals surface area contributed by atoms with E-state index >= 15 is 0 Å². The van der Waals surface area contributed by atoms with Crippen molar-refractivity contribution in [3.05, 3.63) is 82.5 Å². The fraction of sp³-hybridized carbons (Fsp3) is 0.357. The van der Waals surface area contributed by atoms with Gasteiger partial charge in [0.1, 0.15) is 11.7 Å². The van der Waals surface area contributed by atoms with Gasteiger partial charge in [0.25, 0.3) is 5.91 Å². The molecule has 1 aliphatic rings. The number of carbonyl (C=O) groups is 1. The third kappa shape index (κ3) is 6.10. The number of rotatable bonds is 7. The number of ether oxygens (including phenoxy) is 1. The number of pyridine rings is 1. The van der Waals surface area contributed by atoms with Gasteiger partial charge in [-0.3, -0.25) is 9.69 Å². The molecule has 2 aromatic carbocycles. The fourth-order valence-electron chi connectivity index (χ4n) is 4.41. The van der Waals surface area contributed by atoms with Crippen LogP contribution in [-0.4, -0.2) is 64.7 Å². The van der Waals surface area contributed by atoms with Gasteiger partial charge in [-0.15, -0.1) is 0 Å². The molecule has 1 N–H and O–H groups in total. The highest BCUT2D eigenvalue weighted by Gasteiger charge is 2.34. The second-order valence-electron chi connectivity index (χ2n) is 9.39. The predicted molar refractivity (Wildman–Crippen MR) is 141 cm³/mol. The molecule has 1 aromatic heterocycles. The Bertz CT molecular complexity index is 1140. The number of hydrogen-bond donors (Lipinski definition) is 1. The molecule has 0 saturated carbocycles. The van der Waals surface area contributed by atoms with E-state index in [9.17, 15) is 9.90 Å². The minimum absolute atomic E-state index is 0.0504. The first-order valence-corrected chi connectivity index (χ1v) is 12.7. The van der Waals surface area contributed by atoms with Crippen molar-refractivity contribution >= 4 is 21.8 Å². The molecule has 1 aliphatic heterocycles. The van der Waals surface area contributed by atoms with E-state index in [1.807, 2.05) is 13.0 Å². The first-order valence-electron chi connectivity index (χ1n) is 11.9. The third-order valence-corrected chi connectivity index (χ3v) is 6.93. The lowest BCUT2D eigenvalue weighted by Crippen LogP contribution is -2.49. The summed E-state index contributed by atoms with van der Waals surface area (Å²) in [6.45, 7) is 5.79. The molecule has 35 heavy (non-hydrogen) atoms. The summed E-state index contributed by atoms with van der Waals surface area (Å²) < 4.78 is 7.05. The van der Waals surface area contributed by atoms with Gasteiger partial charge in [-0.1, -0.05) is 61.5 Å². The molecule has 0 bridgehead atoms. The molecule has 1 amide bonds. The number of fused-ring (bicyclic) bond motifs is 1. The van der Waals surface area contributed by atoms with Gasteiger partial charge in [-0.05, 0) is 52.7 Å². The van der Waals surface area contributed by atoms with E-state index < -0.39 is 0 Å². The number of amides is 1. The van der Waals surface area contributed by atoms with E-state index in [1.165, 1.54) is 16.7 Å². The number of benzene rings is 2. The Morgan fingerprint density at radius 3 is 2.54 bits per heavy atom. The van der Waals surface area contributed by atoms with Crippen LogP contribution in [0.5, 0.6) is 5.88 Å². The number of nitrogens with zero attached hydrogens (tertiary/aromatic N) is 3. The Labute approximate surface area is 215 Å². The van der Waals surface area contributed by atoms with E-state index in [0.29, 0.717) is 29.0 Å². The van der Waals surface area contributed by atoms with Crippen LogP contribution in [0.25, 0.3) is 11.1 Å². The van der Waals surface area contributed by atoms with Crippen LogP contribution in [0.1, 0.15) is 29.8 Å².